The van der Waals surface area contributed by atoms with Gasteiger partial charge >= 0.3 is 5.97 Å². The Balaban J connectivity index is 1.88. The van der Waals surface area contributed by atoms with Crippen LogP contribution < -0.4 is 0 Å². The molecule has 0 spiro atoms. The highest BCUT2D eigenvalue weighted by Gasteiger charge is 2.38. The van der Waals surface area contributed by atoms with Gasteiger partial charge in [-0.3, -0.25) is 9.69 Å². The van der Waals surface area contributed by atoms with Gasteiger partial charge in [-0.1, -0.05) is 32.1 Å². The van der Waals surface area contributed by atoms with Crippen molar-refractivity contribution in [3.63, 3.8) is 0 Å². The van der Waals surface area contributed by atoms with Crippen LogP contribution in [0.15, 0.2) is 23.8 Å². The zero-order chi connectivity index (χ0) is 15.6. The second kappa shape index (κ2) is 6.35. The highest BCUT2D eigenvalue weighted by molar-refractivity contribution is 5.70. The number of hydrogen-bond donors (Lipinski definition) is 0. The molecular weight excluding hydrogens is 262 g/mol. The third kappa shape index (κ3) is 4.70. The summed E-state index contributed by atoms with van der Waals surface area (Å²) < 4.78 is 5.45. The molecule has 0 aromatic carbocycles. The van der Waals surface area contributed by atoms with E-state index < -0.39 is 0 Å². The van der Waals surface area contributed by atoms with Gasteiger partial charge in [0.1, 0.15) is 5.60 Å². The number of carbonyl (C=O) groups excluding carboxylic acids is 1. The molecule has 1 aliphatic heterocycles. The van der Waals surface area contributed by atoms with Crippen LogP contribution in [0.1, 0.15) is 47.5 Å². The topological polar surface area (TPSA) is 29.5 Å². The number of esters is 1. The van der Waals surface area contributed by atoms with E-state index in [0.717, 1.165) is 19.5 Å². The Bertz CT molecular complexity index is 445. The van der Waals surface area contributed by atoms with Gasteiger partial charge in [-0.15, -0.1) is 0 Å². The number of allylic oxidation sites excluding steroid dienone is 2. The van der Waals surface area contributed by atoms with E-state index >= 15 is 0 Å². The summed E-state index contributed by atoms with van der Waals surface area (Å²) in [6, 6.07) is 0.325. The average molecular weight is 291 g/mol. The summed E-state index contributed by atoms with van der Waals surface area (Å²) in [7, 11) is 0. The van der Waals surface area contributed by atoms with Gasteiger partial charge in [0.15, 0.2) is 0 Å². The van der Waals surface area contributed by atoms with Crippen molar-refractivity contribution in [2.45, 2.75) is 59.1 Å². The molecule has 0 N–H and O–H groups in total. The summed E-state index contributed by atoms with van der Waals surface area (Å²) >= 11 is 0. The maximum atomic E-state index is 12.0. The lowest BCUT2D eigenvalue weighted by Crippen LogP contribution is -2.56. The fraction of sp³-hybridized carbons (Fsp3) is 0.722. The van der Waals surface area contributed by atoms with E-state index in [1.54, 1.807) is 0 Å². The minimum atomic E-state index is -0.390. The first kappa shape index (κ1) is 16.3. The minimum Gasteiger partial charge on any atom is -0.460 e. The first-order valence-electron chi connectivity index (χ1n) is 8.08. The Morgan fingerprint density at radius 3 is 2.67 bits per heavy atom. The lowest BCUT2D eigenvalue weighted by molar-refractivity contribution is -0.158. The molecule has 0 aromatic rings. The number of likely N-dealkylation sites (tertiary alicyclic amines) is 1. The highest BCUT2D eigenvalue weighted by Crippen LogP contribution is 2.30. The standard InChI is InChI=1S/C18H29NO2/c1-13-7-6-8-15(9-13)12-19-11-14(2)16(19)10-17(20)21-18(3,4)5/h6,8-9,13-14,16H,7,10-12H2,1-5H3/t13?,14-,16?/m0/s1. The maximum absolute atomic E-state index is 12.0. The molecule has 0 saturated carbocycles. The number of hydrogen-bond acceptors (Lipinski definition) is 3. The molecule has 21 heavy (non-hydrogen) atoms. The number of ether oxygens (including phenoxy) is 1. The van der Waals surface area contributed by atoms with Crippen LogP contribution >= 0.6 is 0 Å². The van der Waals surface area contributed by atoms with Crippen molar-refractivity contribution in [2.75, 3.05) is 13.1 Å². The van der Waals surface area contributed by atoms with Crippen LogP contribution in [0.4, 0.5) is 0 Å². The van der Waals surface area contributed by atoms with Gasteiger partial charge in [0.05, 0.1) is 6.42 Å². The predicted molar refractivity (Wildman–Crippen MR) is 86.0 cm³/mol. The lowest BCUT2D eigenvalue weighted by atomic mass is 9.86. The fourth-order valence-electron chi connectivity index (χ4n) is 3.18. The Labute approximate surface area is 129 Å². The molecule has 2 aliphatic rings. The first-order valence-corrected chi connectivity index (χ1v) is 8.08. The predicted octanol–water partition coefficient (Wildman–Crippen LogP) is 3.56. The zero-order valence-corrected chi connectivity index (χ0v) is 14.1. The lowest BCUT2D eigenvalue weighted by Gasteiger charge is -2.47. The van der Waals surface area contributed by atoms with Crippen LogP contribution in [0.25, 0.3) is 0 Å². The number of nitrogens with zero attached hydrogens (tertiary/aromatic N) is 1. The molecular formula is C18H29NO2. The van der Waals surface area contributed by atoms with Crippen molar-refractivity contribution in [3.05, 3.63) is 23.8 Å². The van der Waals surface area contributed by atoms with Crippen molar-refractivity contribution in [1.29, 1.82) is 0 Å². The highest BCUT2D eigenvalue weighted by atomic mass is 16.6. The van der Waals surface area contributed by atoms with Crippen LogP contribution in [0, 0.1) is 11.8 Å². The summed E-state index contributed by atoms with van der Waals surface area (Å²) in [4.78, 5) is 14.4. The van der Waals surface area contributed by atoms with E-state index in [-0.39, 0.29) is 11.6 Å². The van der Waals surface area contributed by atoms with Crippen LogP contribution in [0.5, 0.6) is 0 Å². The molecule has 2 rings (SSSR count). The fourth-order valence-corrected chi connectivity index (χ4v) is 3.18. The Morgan fingerprint density at radius 1 is 1.38 bits per heavy atom. The summed E-state index contributed by atoms with van der Waals surface area (Å²) in [5.74, 6) is 1.13. The Morgan fingerprint density at radius 2 is 2.10 bits per heavy atom. The SMILES string of the molecule is CC1C=C(CN2C[C@H](C)C2CC(=O)OC(C)(C)C)C=CC1. The van der Waals surface area contributed by atoms with Crippen LogP contribution in [0.2, 0.25) is 0 Å². The molecule has 0 amide bonds. The van der Waals surface area contributed by atoms with E-state index in [4.69, 9.17) is 4.74 Å². The Kier molecular flexibility index (Phi) is 4.92. The van der Waals surface area contributed by atoms with Gasteiger partial charge in [0.2, 0.25) is 0 Å². The molecule has 1 aliphatic carbocycles. The Hall–Kier alpha value is -1.09. The second-order valence-corrected chi connectivity index (χ2v) is 7.62. The molecule has 1 heterocycles. The van der Waals surface area contributed by atoms with Crippen LogP contribution in [0.3, 0.4) is 0 Å². The normalized spacial score (nSPS) is 29.8. The zero-order valence-electron chi connectivity index (χ0n) is 14.1. The second-order valence-electron chi connectivity index (χ2n) is 7.62. The van der Waals surface area contributed by atoms with Crippen molar-refractivity contribution in [1.82, 2.24) is 4.90 Å². The monoisotopic (exact) mass is 291 g/mol. The minimum absolute atomic E-state index is 0.0782. The number of carbonyl (C=O) groups is 1. The van der Waals surface area contributed by atoms with E-state index in [1.165, 1.54) is 5.57 Å². The third-order valence-corrected chi connectivity index (χ3v) is 4.17. The van der Waals surface area contributed by atoms with Crippen molar-refractivity contribution < 1.29 is 9.53 Å². The molecule has 0 radical (unpaired) electrons. The van der Waals surface area contributed by atoms with Gasteiger partial charge < -0.3 is 4.74 Å². The third-order valence-electron chi connectivity index (χ3n) is 4.17. The largest absolute Gasteiger partial charge is 0.460 e. The maximum Gasteiger partial charge on any atom is 0.307 e. The molecule has 118 valence electrons. The molecule has 3 nitrogen and oxygen atoms in total. The van der Waals surface area contributed by atoms with Crippen LogP contribution in [-0.4, -0.2) is 35.6 Å². The summed E-state index contributed by atoms with van der Waals surface area (Å²) in [6.07, 6.45) is 8.49. The quantitative estimate of drug-likeness (QED) is 0.742. The van der Waals surface area contributed by atoms with Crippen LogP contribution in [-0.2, 0) is 9.53 Å². The van der Waals surface area contributed by atoms with Crippen molar-refractivity contribution in [3.8, 4) is 0 Å². The van der Waals surface area contributed by atoms with E-state index in [1.807, 2.05) is 20.8 Å². The van der Waals surface area contributed by atoms with Crippen molar-refractivity contribution >= 4 is 5.97 Å². The summed E-state index contributed by atoms with van der Waals surface area (Å²) in [5.41, 5.74) is 0.994. The molecule has 1 saturated heterocycles. The molecule has 0 bridgehead atoms. The van der Waals surface area contributed by atoms with E-state index in [9.17, 15) is 4.79 Å². The smallest absolute Gasteiger partial charge is 0.307 e. The molecule has 3 heteroatoms. The van der Waals surface area contributed by atoms with Gasteiger partial charge in [0.25, 0.3) is 0 Å². The average Bonchev–Trinajstić information content (AvgIpc) is 2.34. The van der Waals surface area contributed by atoms with Gasteiger partial charge in [-0.05, 0) is 44.6 Å². The van der Waals surface area contributed by atoms with Gasteiger partial charge in [0, 0.05) is 19.1 Å². The van der Waals surface area contributed by atoms with Gasteiger partial charge in [-0.2, -0.15) is 0 Å². The van der Waals surface area contributed by atoms with E-state index in [2.05, 4.69) is 37.0 Å². The van der Waals surface area contributed by atoms with E-state index in [0.29, 0.717) is 24.3 Å². The summed E-state index contributed by atoms with van der Waals surface area (Å²) in [5, 5.41) is 0. The molecule has 3 atom stereocenters. The van der Waals surface area contributed by atoms with Crippen molar-refractivity contribution in [2.24, 2.45) is 11.8 Å². The summed E-state index contributed by atoms with van der Waals surface area (Å²) in [6.45, 7) is 12.3. The molecule has 1 fully saturated rings. The number of rotatable bonds is 4. The molecule has 2 unspecified atom stereocenters. The molecule has 0 aromatic heterocycles. The van der Waals surface area contributed by atoms with Gasteiger partial charge in [-0.25, -0.2) is 0 Å². The first-order chi connectivity index (χ1) is 9.74.